The molecule has 3 heterocycles. The van der Waals surface area contributed by atoms with Crippen LogP contribution in [0.3, 0.4) is 0 Å². The van der Waals surface area contributed by atoms with E-state index in [1.807, 2.05) is 55.5 Å². The summed E-state index contributed by atoms with van der Waals surface area (Å²) in [5.74, 6) is -0.278. The van der Waals surface area contributed by atoms with Crippen LogP contribution in [-0.2, 0) is 10.0 Å². The molecule has 1 saturated heterocycles. The molecule has 5 aromatic rings. The van der Waals surface area contributed by atoms with Gasteiger partial charge >= 0.3 is 0 Å². The lowest BCUT2D eigenvalue weighted by atomic mass is 10.0. The standard InChI is InChI=1S/C31H29FN4O2S/c1-22-8-11-26(12-9-22)39(37,38)36-21-28(23-6-4-3-5-7-23)27-18-25(20-33-31(27)36)24-10-13-30(29(32)19-24)35-16-14-34(2)15-17-35/h3-13,18-21H,14-17H2,1-2H3. The molecule has 2 aromatic heterocycles. The van der Waals surface area contributed by atoms with Crippen molar-refractivity contribution in [2.75, 3.05) is 38.1 Å². The maximum Gasteiger partial charge on any atom is 0.269 e. The molecule has 6 nitrogen and oxygen atoms in total. The highest BCUT2D eigenvalue weighted by Gasteiger charge is 2.24. The van der Waals surface area contributed by atoms with Gasteiger partial charge in [0.1, 0.15) is 5.82 Å². The minimum atomic E-state index is -3.89. The molecule has 1 fully saturated rings. The molecule has 1 aliphatic rings. The quantitative estimate of drug-likeness (QED) is 0.282. The molecule has 0 saturated carbocycles. The fourth-order valence-electron chi connectivity index (χ4n) is 5.08. The predicted molar refractivity (Wildman–Crippen MR) is 154 cm³/mol. The zero-order chi connectivity index (χ0) is 27.1. The molecule has 0 bridgehead atoms. The summed E-state index contributed by atoms with van der Waals surface area (Å²) >= 11 is 0. The highest BCUT2D eigenvalue weighted by molar-refractivity contribution is 7.90. The van der Waals surface area contributed by atoms with Crippen LogP contribution >= 0.6 is 0 Å². The smallest absolute Gasteiger partial charge is 0.269 e. The first-order valence-electron chi connectivity index (χ1n) is 12.9. The molecule has 3 aromatic carbocycles. The van der Waals surface area contributed by atoms with E-state index in [1.165, 1.54) is 3.97 Å². The Morgan fingerprint density at radius 3 is 2.23 bits per heavy atom. The second-order valence-corrected chi connectivity index (χ2v) is 11.9. The van der Waals surface area contributed by atoms with E-state index >= 15 is 4.39 Å². The Labute approximate surface area is 228 Å². The van der Waals surface area contributed by atoms with Crippen molar-refractivity contribution >= 4 is 26.7 Å². The summed E-state index contributed by atoms with van der Waals surface area (Å²) in [5.41, 5.74) is 4.92. The first-order valence-corrected chi connectivity index (χ1v) is 14.4. The number of pyridine rings is 1. The Morgan fingerprint density at radius 1 is 0.821 bits per heavy atom. The highest BCUT2D eigenvalue weighted by Crippen LogP contribution is 2.35. The van der Waals surface area contributed by atoms with Crippen molar-refractivity contribution in [2.45, 2.75) is 11.8 Å². The summed E-state index contributed by atoms with van der Waals surface area (Å²) in [5, 5.41) is 0.679. The number of aryl methyl sites for hydroxylation is 1. The van der Waals surface area contributed by atoms with Gasteiger partial charge in [-0.3, -0.25) is 0 Å². The Balaban J connectivity index is 1.46. The van der Waals surface area contributed by atoms with Gasteiger partial charge in [-0.25, -0.2) is 21.8 Å². The van der Waals surface area contributed by atoms with Crippen molar-refractivity contribution in [1.29, 1.82) is 0 Å². The number of aromatic nitrogens is 2. The van der Waals surface area contributed by atoms with Crippen LogP contribution in [0.2, 0.25) is 0 Å². The first-order chi connectivity index (χ1) is 18.8. The maximum absolute atomic E-state index is 15.3. The van der Waals surface area contributed by atoms with Crippen LogP contribution in [0, 0.1) is 12.7 Å². The molecule has 0 amide bonds. The molecule has 8 heteroatoms. The lowest BCUT2D eigenvalue weighted by Crippen LogP contribution is -2.44. The predicted octanol–water partition coefficient (Wildman–Crippen LogP) is 5.81. The summed E-state index contributed by atoms with van der Waals surface area (Å²) in [4.78, 5) is 9.11. The third-order valence-electron chi connectivity index (χ3n) is 7.40. The molecule has 0 aliphatic carbocycles. The number of likely N-dealkylation sites (N-methyl/N-ethyl adjacent to an activating group) is 1. The second kappa shape index (κ2) is 9.94. The maximum atomic E-state index is 15.3. The Bertz CT molecular complexity index is 1760. The molecule has 0 N–H and O–H groups in total. The van der Waals surface area contributed by atoms with Crippen molar-refractivity contribution in [3.8, 4) is 22.3 Å². The highest BCUT2D eigenvalue weighted by atomic mass is 32.2. The van der Waals surface area contributed by atoms with Crippen molar-refractivity contribution in [2.24, 2.45) is 0 Å². The third kappa shape index (κ3) is 4.70. The molecular weight excluding hydrogens is 511 g/mol. The molecule has 0 radical (unpaired) electrons. The SMILES string of the molecule is Cc1ccc(S(=O)(=O)n2cc(-c3ccccc3)c3cc(-c4ccc(N5CCN(C)CC5)c(F)c4)cnc32)cc1. The summed E-state index contributed by atoms with van der Waals surface area (Å²) in [6.45, 7) is 5.27. The number of hydrogen-bond donors (Lipinski definition) is 0. The minimum Gasteiger partial charge on any atom is -0.367 e. The van der Waals surface area contributed by atoms with Crippen LogP contribution in [0.25, 0.3) is 33.3 Å². The summed E-state index contributed by atoms with van der Waals surface area (Å²) < 4.78 is 43.9. The number of fused-ring (bicyclic) bond motifs is 1. The van der Waals surface area contributed by atoms with Crippen molar-refractivity contribution < 1.29 is 12.8 Å². The topological polar surface area (TPSA) is 58.4 Å². The largest absolute Gasteiger partial charge is 0.367 e. The average molecular weight is 541 g/mol. The monoisotopic (exact) mass is 540 g/mol. The molecule has 198 valence electrons. The van der Waals surface area contributed by atoms with Gasteiger partial charge in [-0.15, -0.1) is 0 Å². The lowest BCUT2D eigenvalue weighted by molar-refractivity contribution is 0.311. The summed E-state index contributed by atoms with van der Waals surface area (Å²) in [6.07, 6.45) is 3.24. The number of piperazine rings is 1. The molecular formula is C31H29FN4O2S. The van der Waals surface area contributed by atoms with E-state index in [-0.39, 0.29) is 10.7 Å². The van der Waals surface area contributed by atoms with Crippen LogP contribution in [-0.4, -0.2) is 55.5 Å². The summed E-state index contributed by atoms with van der Waals surface area (Å²) in [6, 6.07) is 23.6. The van der Waals surface area contributed by atoms with E-state index in [4.69, 9.17) is 0 Å². The van der Waals surface area contributed by atoms with E-state index in [9.17, 15) is 8.42 Å². The number of halogens is 1. The normalized spacial score (nSPS) is 14.7. The van der Waals surface area contributed by atoms with Gasteiger partial charge in [0.15, 0.2) is 5.65 Å². The minimum absolute atomic E-state index is 0.192. The van der Waals surface area contributed by atoms with Crippen molar-refractivity contribution in [1.82, 2.24) is 13.9 Å². The lowest BCUT2D eigenvalue weighted by Gasteiger charge is -2.34. The number of hydrogen-bond acceptors (Lipinski definition) is 5. The third-order valence-corrected chi connectivity index (χ3v) is 9.06. The van der Waals surface area contributed by atoms with Gasteiger partial charge in [0.05, 0.1) is 10.6 Å². The van der Waals surface area contributed by atoms with Gasteiger partial charge in [-0.1, -0.05) is 54.1 Å². The van der Waals surface area contributed by atoms with E-state index in [1.54, 1.807) is 42.7 Å². The van der Waals surface area contributed by atoms with Gasteiger partial charge in [0.2, 0.25) is 0 Å². The number of benzene rings is 3. The van der Waals surface area contributed by atoms with E-state index in [2.05, 4.69) is 21.8 Å². The Hall–Kier alpha value is -4.01. The Kier molecular flexibility index (Phi) is 6.45. The zero-order valence-corrected chi connectivity index (χ0v) is 22.7. The second-order valence-electron chi connectivity index (χ2n) is 10.1. The fraction of sp³-hybridized carbons (Fsp3) is 0.194. The van der Waals surface area contributed by atoms with Crippen molar-refractivity contribution in [3.63, 3.8) is 0 Å². The average Bonchev–Trinajstić information content (AvgIpc) is 3.34. The van der Waals surface area contributed by atoms with E-state index in [0.717, 1.165) is 42.9 Å². The number of nitrogens with zero attached hydrogens (tertiary/aromatic N) is 4. The fourth-order valence-corrected chi connectivity index (χ4v) is 6.41. The molecule has 1 aliphatic heterocycles. The zero-order valence-electron chi connectivity index (χ0n) is 21.9. The van der Waals surface area contributed by atoms with Crippen LogP contribution in [0.15, 0.2) is 96.2 Å². The van der Waals surface area contributed by atoms with Gasteiger partial charge in [-0.2, -0.15) is 0 Å². The molecule has 0 unspecified atom stereocenters. The van der Waals surface area contributed by atoms with Crippen LogP contribution in [0.4, 0.5) is 10.1 Å². The van der Waals surface area contributed by atoms with Crippen LogP contribution in [0.1, 0.15) is 5.56 Å². The van der Waals surface area contributed by atoms with Crippen molar-refractivity contribution in [3.05, 3.63) is 103 Å². The molecule has 39 heavy (non-hydrogen) atoms. The van der Waals surface area contributed by atoms with E-state index in [0.29, 0.717) is 27.8 Å². The van der Waals surface area contributed by atoms with Gasteiger partial charge in [0, 0.05) is 55.1 Å². The Morgan fingerprint density at radius 2 is 1.54 bits per heavy atom. The van der Waals surface area contributed by atoms with Gasteiger partial charge in [-0.05, 0) is 55.4 Å². The van der Waals surface area contributed by atoms with Gasteiger partial charge in [0.25, 0.3) is 10.0 Å². The molecule has 6 rings (SSSR count). The first kappa shape index (κ1) is 25.3. The van der Waals surface area contributed by atoms with Crippen LogP contribution in [0.5, 0.6) is 0 Å². The molecule has 0 atom stereocenters. The summed E-state index contributed by atoms with van der Waals surface area (Å²) in [7, 11) is -1.82. The van der Waals surface area contributed by atoms with Gasteiger partial charge < -0.3 is 9.80 Å². The van der Waals surface area contributed by atoms with E-state index < -0.39 is 10.0 Å². The van der Waals surface area contributed by atoms with Crippen LogP contribution < -0.4 is 4.90 Å². The number of anilines is 1. The molecule has 0 spiro atoms. The number of rotatable bonds is 5.